The summed E-state index contributed by atoms with van der Waals surface area (Å²) in [5.41, 5.74) is 0.306. The Morgan fingerprint density at radius 1 is 1.21 bits per heavy atom. The molecule has 7 nitrogen and oxygen atoms in total. The first-order valence-corrected chi connectivity index (χ1v) is 11.6. The van der Waals surface area contributed by atoms with Gasteiger partial charge in [-0.1, -0.05) is 26.0 Å². The minimum absolute atomic E-state index is 0.179. The van der Waals surface area contributed by atoms with Crippen molar-refractivity contribution in [2.45, 2.75) is 50.0 Å². The van der Waals surface area contributed by atoms with E-state index in [1.165, 1.54) is 4.31 Å². The van der Waals surface area contributed by atoms with Gasteiger partial charge in [-0.2, -0.15) is 9.57 Å². The Bertz CT molecular complexity index is 879. The first kappa shape index (κ1) is 21.8. The molecule has 2 fully saturated rings. The fourth-order valence-electron chi connectivity index (χ4n) is 3.72. The number of hydrogen-bond donors (Lipinski definition) is 1. The molecule has 1 aliphatic carbocycles. The van der Waals surface area contributed by atoms with Gasteiger partial charge in [0, 0.05) is 26.2 Å². The van der Waals surface area contributed by atoms with Crippen LogP contribution >= 0.6 is 0 Å². The molecule has 29 heavy (non-hydrogen) atoms. The molecule has 1 aliphatic heterocycles. The topological polar surface area (TPSA) is 93.5 Å². The van der Waals surface area contributed by atoms with Crippen molar-refractivity contribution in [1.29, 1.82) is 5.26 Å². The van der Waals surface area contributed by atoms with Gasteiger partial charge in [-0.05, 0) is 49.3 Å². The molecule has 1 saturated carbocycles. The number of nitrogens with one attached hydrogen (secondary N) is 1. The van der Waals surface area contributed by atoms with Gasteiger partial charge in [0.1, 0.15) is 5.54 Å². The fourth-order valence-corrected chi connectivity index (χ4v) is 5.14. The summed E-state index contributed by atoms with van der Waals surface area (Å²) < 4.78 is 27.3. The molecule has 3 rings (SSSR count). The Labute approximate surface area is 173 Å². The molecule has 0 radical (unpaired) electrons. The van der Waals surface area contributed by atoms with Gasteiger partial charge in [0.25, 0.3) is 0 Å². The summed E-state index contributed by atoms with van der Waals surface area (Å²) in [6.07, 6.45) is 1.94. The van der Waals surface area contributed by atoms with Gasteiger partial charge in [-0.25, -0.2) is 8.42 Å². The van der Waals surface area contributed by atoms with E-state index in [0.29, 0.717) is 37.0 Å². The van der Waals surface area contributed by atoms with E-state index < -0.39 is 15.6 Å². The first-order valence-electron chi connectivity index (χ1n) is 10.2. The standard InChI is InChI=1S/C21H30N4O3S/c1-16(2)17-4-8-19(9-5-17)29(27,28)25-12-10-24(11-13-25)14-20(26)23-21(3,15-22)18-6-7-18/h4-5,8-9,16,18H,6-7,10-14H2,1-3H3,(H,23,26)/t21-/m1/s1. The van der Waals surface area contributed by atoms with Crippen molar-refractivity contribution in [1.82, 2.24) is 14.5 Å². The lowest BCUT2D eigenvalue weighted by molar-refractivity contribution is -0.123. The molecule has 0 unspecified atom stereocenters. The molecule has 8 heteroatoms. The average Bonchev–Trinajstić information content (AvgIpc) is 3.54. The molecule has 1 N–H and O–H groups in total. The van der Waals surface area contributed by atoms with Crippen molar-refractivity contribution in [3.05, 3.63) is 29.8 Å². The lowest BCUT2D eigenvalue weighted by Gasteiger charge is -2.34. The van der Waals surface area contributed by atoms with E-state index in [2.05, 4.69) is 25.2 Å². The van der Waals surface area contributed by atoms with Gasteiger partial charge in [-0.15, -0.1) is 0 Å². The van der Waals surface area contributed by atoms with Gasteiger partial charge < -0.3 is 5.32 Å². The van der Waals surface area contributed by atoms with Crippen LogP contribution in [0.15, 0.2) is 29.2 Å². The molecule has 0 spiro atoms. The van der Waals surface area contributed by atoms with Crippen LogP contribution in [0.25, 0.3) is 0 Å². The third-order valence-corrected chi connectivity index (χ3v) is 7.82. The van der Waals surface area contributed by atoms with Gasteiger partial charge in [0.2, 0.25) is 15.9 Å². The number of carbonyl (C=O) groups excluding carboxylic acids is 1. The number of rotatable bonds is 7. The van der Waals surface area contributed by atoms with Crippen LogP contribution in [0.4, 0.5) is 0 Å². The summed E-state index contributed by atoms with van der Waals surface area (Å²) in [5.74, 6) is 0.409. The predicted molar refractivity (Wildman–Crippen MR) is 111 cm³/mol. The highest BCUT2D eigenvalue weighted by molar-refractivity contribution is 7.89. The smallest absolute Gasteiger partial charge is 0.243 e. The Balaban J connectivity index is 1.54. The maximum Gasteiger partial charge on any atom is 0.243 e. The van der Waals surface area contributed by atoms with E-state index in [0.717, 1.165) is 18.4 Å². The van der Waals surface area contributed by atoms with Crippen molar-refractivity contribution >= 4 is 15.9 Å². The second-order valence-corrected chi connectivity index (χ2v) is 10.5. The Morgan fingerprint density at radius 2 is 1.79 bits per heavy atom. The molecule has 1 atom stereocenters. The zero-order valence-corrected chi connectivity index (χ0v) is 18.2. The lowest BCUT2D eigenvalue weighted by atomic mass is 9.98. The molecule has 1 saturated heterocycles. The minimum atomic E-state index is -3.53. The number of amides is 1. The quantitative estimate of drug-likeness (QED) is 0.730. The monoisotopic (exact) mass is 418 g/mol. The van der Waals surface area contributed by atoms with Gasteiger partial charge in [0.15, 0.2) is 0 Å². The maximum absolute atomic E-state index is 12.9. The number of benzene rings is 1. The molecule has 0 aromatic heterocycles. The fraction of sp³-hybridized carbons (Fsp3) is 0.619. The summed E-state index contributed by atoms with van der Waals surface area (Å²) in [4.78, 5) is 14.6. The highest BCUT2D eigenvalue weighted by Crippen LogP contribution is 2.39. The predicted octanol–water partition coefficient (Wildman–Crippen LogP) is 1.92. The number of nitriles is 1. The van der Waals surface area contributed by atoms with Crippen LogP contribution in [-0.2, 0) is 14.8 Å². The van der Waals surface area contributed by atoms with Crippen molar-refractivity contribution in [2.24, 2.45) is 5.92 Å². The van der Waals surface area contributed by atoms with E-state index in [1.54, 1.807) is 19.1 Å². The van der Waals surface area contributed by atoms with Crippen LogP contribution in [0.3, 0.4) is 0 Å². The zero-order valence-electron chi connectivity index (χ0n) is 17.4. The number of sulfonamides is 1. The van der Waals surface area contributed by atoms with E-state index in [9.17, 15) is 18.5 Å². The zero-order chi connectivity index (χ0) is 21.2. The maximum atomic E-state index is 12.9. The summed E-state index contributed by atoms with van der Waals surface area (Å²) in [6, 6.07) is 9.30. The van der Waals surface area contributed by atoms with E-state index in [4.69, 9.17) is 0 Å². The van der Waals surface area contributed by atoms with Crippen LogP contribution in [-0.4, -0.2) is 61.8 Å². The lowest BCUT2D eigenvalue weighted by Crippen LogP contribution is -2.54. The highest BCUT2D eigenvalue weighted by atomic mass is 32.2. The Hall–Kier alpha value is -1.95. The van der Waals surface area contributed by atoms with Gasteiger partial charge in [-0.3, -0.25) is 9.69 Å². The SMILES string of the molecule is CC(C)c1ccc(S(=O)(=O)N2CCN(CC(=O)N[C@](C)(C#N)C3CC3)CC2)cc1. The highest BCUT2D eigenvalue weighted by Gasteiger charge is 2.43. The van der Waals surface area contributed by atoms with Crippen LogP contribution in [0, 0.1) is 17.2 Å². The third-order valence-electron chi connectivity index (χ3n) is 5.91. The molecule has 1 amide bonds. The molecular formula is C21H30N4O3S. The number of hydrogen-bond acceptors (Lipinski definition) is 5. The van der Waals surface area contributed by atoms with Crippen LogP contribution in [0.1, 0.15) is 45.1 Å². The molecule has 1 aromatic rings. The van der Waals surface area contributed by atoms with Crippen molar-refractivity contribution in [2.75, 3.05) is 32.7 Å². The third kappa shape index (κ3) is 4.97. The van der Waals surface area contributed by atoms with E-state index >= 15 is 0 Å². The molecule has 1 heterocycles. The largest absolute Gasteiger partial charge is 0.337 e. The average molecular weight is 419 g/mol. The first-order chi connectivity index (χ1) is 13.7. The summed E-state index contributed by atoms with van der Waals surface area (Å²) in [7, 11) is -3.53. The number of piperazine rings is 1. The Kier molecular flexibility index (Phi) is 6.32. The van der Waals surface area contributed by atoms with E-state index in [-0.39, 0.29) is 18.4 Å². The summed E-state index contributed by atoms with van der Waals surface area (Å²) in [5, 5.41) is 12.2. The molecular weight excluding hydrogens is 388 g/mol. The second-order valence-electron chi connectivity index (χ2n) is 8.54. The minimum Gasteiger partial charge on any atom is -0.337 e. The molecule has 2 aliphatic rings. The second kappa shape index (κ2) is 8.42. The van der Waals surface area contributed by atoms with Crippen molar-refractivity contribution < 1.29 is 13.2 Å². The van der Waals surface area contributed by atoms with E-state index in [1.807, 2.05) is 17.0 Å². The molecule has 1 aromatic carbocycles. The number of nitrogens with zero attached hydrogens (tertiary/aromatic N) is 3. The summed E-state index contributed by atoms with van der Waals surface area (Å²) in [6.45, 7) is 7.77. The normalized spacial score (nSPS) is 20.8. The van der Waals surface area contributed by atoms with Crippen molar-refractivity contribution in [3.8, 4) is 6.07 Å². The summed E-state index contributed by atoms with van der Waals surface area (Å²) >= 11 is 0. The van der Waals surface area contributed by atoms with Gasteiger partial charge >= 0.3 is 0 Å². The Morgan fingerprint density at radius 3 is 2.28 bits per heavy atom. The van der Waals surface area contributed by atoms with Crippen LogP contribution < -0.4 is 5.32 Å². The van der Waals surface area contributed by atoms with Gasteiger partial charge in [0.05, 0.1) is 17.5 Å². The molecule has 158 valence electrons. The van der Waals surface area contributed by atoms with Crippen LogP contribution in [0.5, 0.6) is 0 Å². The number of carbonyl (C=O) groups is 1. The van der Waals surface area contributed by atoms with Crippen molar-refractivity contribution in [3.63, 3.8) is 0 Å². The van der Waals surface area contributed by atoms with Crippen LogP contribution in [0.2, 0.25) is 0 Å². The molecule has 0 bridgehead atoms.